The van der Waals surface area contributed by atoms with Crippen molar-refractivity contribution in [1.82, 2.24) is 0 Å². The Morgan fingerprint density at radius 3 is 2.93 bits per heavy atom. The van der Waals surface area contributed by atoms with E-state index in [1.807, 2.05) is 6.08 Å². The number of hydrogen-bond acceptors (Lipinski definition) is 1. The van der Waals surface area contributed by atoms with Crippen molar-refractivity contribution in [2.75, 3.05) is 0 Å². The van der Waals surface area contributed by atoms with E-state index in [1.165, 1.54) is 12.1 Å². The lowest BCUT2D eigenvalue weighted by Gasteiger charge is -2.15. The highest BCUT2D eigenvalue weighted by Crippen LogP contribution is 2.35. The topological polar surface area (TPSA) is 37.3 Å². The Morgan fingerprint density at radius 2 is 2.27 bits per heavy atom. The van der Waals surface area contributed by atoms with Crippen molar-refractivity contribution in [3.8, 4) is 0 Å². The molecule has 0 aromatic heterocycles. The summed E-state index contributed by atoms with van der Waals surface area (Å²) in [7, 11) is 0. The fourth-order valence-corrected chi connectivity index (χ4v) is 1.89. The van der Waals surface area contributed by atoms with Gasteiger partial charge in [-0.1, -0.05) is 25.1 Å². The van der Waals surface area contributed by atoms with E-state index in [-0.39, 0.29) is 11.7 Å². The third kappa shape index (κ3) is 1.65. The number of benzene rings is 1. The van der Waals surface area contributed by atoms with E-state index < -0.39 is 11.9 Å². The summed E-state index contributed by atoms with van der Waals surface area (Å²) >= 11 is 0. The number of halogens is 1. The molecule has 1 aromatic carbocycles. The molecule has 1 aliphatic carbocycles. The molecule has 0 spiro atoms. The van der Waals surface area contributed by atoms with E-state index in [1.54, 1.807) is 19.1 Å². The van der Waals surface area contributed by atoms with E-state index >= 15 is 0 Å². The predicted octanol–water partition coefficient (Wildman–Crippen LogP) is 2.66. The van der Waals surface area contributed by atoms with Crippen molar-refractivity contribution in [1.29, 1.82) is 0 Å². The van der Waals surface area contributed by atoms with Gasteiger partial charge in [0.2, 0.25) is 0 Å². The molecule has 0 aliphatic heterocycles. The second kappa shape index (κ2) is 3.50. The van der Waals surface area contributed by atoms with Gasteiger partial charge in [-0.2, -0.15) is 0 Å². The molecule has 0 radical (unpaired) electrons. The predicted molar refractivity (Wildman–Crippen MR) is 55.0 cm³/mol. The molecule has 78 valence electrons. The molecule has 2 unspecified atom stereocenters. The van der Waals surface area contributed by atoms with Gasteiger partial charge >= 0.3 is 5.97 Å². The van der Waals surface area contributed by atoms with E-state index in [2.05, 4.69) is 0 Å². The highest BCUT2D eigenvalue weighted by molar-refractivity contribution is 5.74. The molecule has 0 saturated carbocycles. The van der Waals surface area contributed by atoms with Crippen LogP contribution in [0.2, 0.25) is 0 Å². The number of allylic oxidation sites excluding steroid dienone is 1. The van der Waals surface area contributed by atoms with Crippen LogP contribution in [-0.2, 0) is 4.79 Å². The Morgan fingerprint density at radius 1 is 1.53 bits per heavy atom. The lowest BCUT2D eigenvalue weighted by Crippen LogP contribution is -2.16. The van der Waals surface area contributed by atoms with Crippen LogP contribution in [0.25, 0.3) is 6.08 Å². The first kappa shape index (κ1) is 9.90. The SMILES string of the molecule is CC(C(=O)O)C1C=Cc2cc(F)ccc21. The van der Waals surface area contributed by atoms with E-state index in [4.69, 9.17) is 5.11 Å². The van der Waals surface area contributed by atoms with Crippen molar-refractivity contribution in [3.63, 3.8) is 0 Å². The molecule has 1 aromatic rings. The van der Waals surface area contributed by atoms with Gasteiger partial charge in [-0.05, 0) is 23.3 Å². The van der Waals surface area contributed by atoms with Crippen LogP contribution >= 0.6 is 0 Å². The second-order valence-electron chi connectivity index (χ2n) is 3.79. The molecule has 0 bridgehead atoms. The summed E-state index contributed by atoms with van der Waals surface area (Å²) in [5.41, 5.74) is 1.68. The molecule has 1 aliphatic rings. The number of rotatable bonds is 2. The maximum atomic E-state index is 12.9. The van der Waals surface area contributed by atoms with Gasteiger partial charge in [-0.3, -0.25) is 4.79 Å². The van der Waals surface area contributed by atoms with Crippen LogP contribution < -0.4 is 0 Å². The molecule has 2 atom stereocenters. The Hall–Kier alpha value is -1.64. The van der Waals surface area contributed by atoms with E-state index in [9.17, 15) is 9.18 Å². The lowest BCUT2D eigenvalue weighted by molar-refractivity contribution is -0.141. The van der Waals surface area contributed by atoms with Crippen LogP contribution in [0.4, 0.5) is 4.39 Å². The standard InChI is InChI=1S/C12H11FO2/c1-7(12(14)15)10-4-2-8-6-9(13)3-5-11(8)10/h2-7,10H,1H3,(H,14,15). The van der Waals surface area contributed by atoms with Crippen molar-refractivity contribution >= 4 is 12.0 Å². The van der Waals surface area contributed by atoms with Gasteiger partial charge in [0.25, 0.3) is 0 Å². The number of hydrogen-bond donors (Lipinski definition) is 1. The molecular formula is C12H11FO2. The van der Waals surface area contributed by atoms with Gasteiger partial charge in [0.05, 0.1) is 5.92 Å². The average Bonchev–Trinajstić information content (AvgIpc) is 2.59. The molecule has 2 nitrogen and oxygen atoms in total. The molecule has 2 rings (SSSR count). The quantitative estimate of drug-likeness (QED) is 0.807. The van der Waals surface area contributed by atoms with Crippen LogP contribution in [0.5, 0.6) is 0 Å². The normalized spacial score (nSPS) is 20.0. The van der Waals surface area contributed by atoms with Crippen LogP contribution in [0.3, 0.4) is 0 Å². The zero-order chi connectivity index (χ0) is 11.0. The van der Waals surface area contributed by atoms with Gasteiger partial charge < -0.3 is 5.11 Å². The van der Waals surface area contributed by atoms with Gasteiger partial charge in [-0.25, -0.2) is 4.39 Å². The maximum Gasteiger partial charge on any atom is 0.307 e. The molecule has 1 N–H and O–H groups in total. The first-order chi connectivity index (χ1) is 7.09. The van der Waals surface area contributed by atoms with Crippen molar-refractivity contribution in [2.24, 2.45) is 5.92 Å². The molecule has 3 heteroatoms. The van der Waals surface area contributed by atoms with E-state index in [0.717, 1.165) is 11.1 Å². The van der Waals surface area contributed by atoms with Crippen LogP contribution in [0.15, 0.2) is 24.3 Å². The van der Waals surface area contributed by atoms with Gasteiger partial charge in [0.15, 0.2) is 0 Å². The highest BCUT2D eigenvalue weighted by atomic mass is 19.1. The molecule has 0 saturated heterocycles. The summed E-state index contributed by atoms with van der Waals surface area (Å²) in [5, 5.41) is 8.91. The Balaban J connectivity index is 2.37. The summed E-state index contributed by atoms with van der Waals surface area (Å²) in [6.07, 6.45) is 3.60. The first-order valence-electron chi connectivity index (χ1n) is 4.80. The molecular weight excluding hydrogens is 195 g/mol. The Labute approximate surface area is 87.0 Å². The summed E-state index contributed by atoms with van der Waals surface area (Å²) in [4.78, 5) is 10.9. The largest absolute Gasteiger partial charge is 0.481 e. The van der Waals surface area contributed by atoms with Crippen LogP contribution in [0, 0.1) is 11.7 Å². The minimum atomic E-state index is -0.832. The van der Waals surface area contributed by atoms with Crippen LogP contribution in [0.1, 0.15) is 24.0 Å². The second-order valence-corrected chi connectivity index (χ2v) is 3.79. The lowest BCUT2D eigenvalue weighted by atomic mass is 9.89. The molecule has 15 heavy (non-hydrogen) atoms. The third-order valence-corrected chi connectivity index (χ3v) is 2.82. The Bertz CT molecular complexity index is 437. The van der Waals surface area contributed by atoms with Gasteiger partial charge in [0, 0.05) is 5.92 Å². The Kier molecular flexibility index (Phi) is 2.31. The number of carboxylic acid groups (broad SMARTS) is 1. The fourth-order valence-electron chi connectivity index (χ4n) is 1.89. The van der Waals surface area contributed by atoms with E-state index in [0.29, 0.717) is 0 Å². The third-order valence-electron chi connectivity index (χ3n) is 2.82. The summed E-state index contributed by atoms with van der Waals surface area (Å²) in [6.45, 7) is 1.66. The maximum absolute atomic E-state index is 12.9. The molecule has 0 fully saturated rings. The smallest absolute Gasteiger partial charge is 0.307 e. The number of carbonyl (C=O) groups is 1. The number of carboxylic acids is 1. The first-order valence-corrected chi connectivity index (χ1v) is 4.80. The zero-order valence-corrected chi connectivity index (χ0v) is 8.27. The monoisotopic (exact) mass is 206 g/mol. The van der Waals surface area contributed by atoms with Crippen molar-refractivity contribution < 1.29 is 14.3 Å². The fraction of sp³-hybridized carbons (Fsp3) is 0.250. The summed E-state index contributed by atoms with van der Waals surface area (Å²) in [5.74, 6) is -1.74. The molecule has 0 amide bonds. The average molecular weight is 206 g/mol. The van der Waals surface area contributed by atoms with Gasteiger partial charge in [0.1, 0.15) is 5.82 Å². The van der Waals surface area contributed by atoms with Crippen molar-refractivity contribution in [3.05, 3.63) is 41.2 Å². The summed E-state index contributed by atoms with van der Waals surface area (Å²) < 4.78 is 12.9. The zero-order valence-electron chi connectivity index (χ0n) is 8.27. The minimum absolute atomic E-state index is 0.141. The van der Waals surface area contributed by atoms with Crippen molar-refractivity contribution in [2.45, 2.75) is 12.8 Å². The van der Waals surface area contributed by atoms with Crippen LogP contribution in [-0.4, -0.2) is 11.1 Å². The number of fused-ring (bicyclic) bond motifs is 1. The number of aliphatic carboxylic acids is 1. The molecule has 0 heterocycles. The summed E-state index contributed by atoms with van der Waals surface area (Å²) in [6, 6.07) is 4.46. The highest BCUT2D eigenvalue weighted by Gasteiger charge is 2.27. The minimum Gasteiger partial charge on any atom is -0.481 e. The van der Waals surface area contributed by atoms with Gasteiger partial charge in [-0.15, -0.1) is 0 Å².